The van der Waals surface area contributed by atoms with Gasteiger partial charge in [-0.25, -0.2) is 4.79 Å². The highest BCUT2D eigenvalue weighted by atomic mass is 35.5. The van der Waals surface area contributed by atoms with Crippen molar-refractivity contribution >= 4 is 29.0 Å². The molecule has 130 valence electrons. The van der Waals surface area contributed by atoms with E-state index in [4.69, 9.17) is 16.3 Å². The normalized spacial score (nSPS) is 18.8. The first-order chi connectivity index (χ1) is 12.1. The predicted molar refractivity (Wildman–Crippen MR) is 101 cm³/mol. The Bertz CT molecular complexity index is 821. The molecule has 0 saturated carbocycles. The van der Waals surface area contributed by atoms with Gasteiger partial charge in [0.1, 0.15) is 11.9 Å². The van der Waals surface area contributed by atoms with E-state index in [-0.39, 0.29) is 12.1 Å². The van der Waals surface area contributed by atoms with Crippen LogP contribution in [0.1, 0.15) is 30.9 Å². The van der Waals surface area contributed by atoms with E-state index in [1.165, 1.54) is 24.0 Å². The van der Waals surface area contributed by atoms with Crippen molar-refractivity contribution in [1.29, 1.82) is 0 Å². The molecule has 0 saturated heterocycles. The lowest BCUT2D eigenvalue weighted by atomic mass is 9.90. The van der Waals surface area contributed by atoms with E-state index in [0.29, 0.717) is 23.0 Å². The smallest absolute Gasteiger partial charge is 0.326 e. The number of hydrogen-bond donors (Lipinski definition) is 1. The highest BCUT2D eigenvalue weighted by Gasteiger charge is 2.28. The quantitative estimate of drug-likeness (QED) is 0.777. The van der Waals surface area contributed by atoms with Crippen LogP contribution in [0.4, 0.5) is 16.2 Å². The van der Waals surface area contributed by atoms with Crippen LogP contribution in [0, 0.1) is 0 Å². The van der Waals surface area contributed by atoms with Crippen molar-refractivity contribution in [3.8, 4) is 5.75 Å². The number of rotatable bonds is 1. The number of urea groups is 1. The van der Waals surface area contributed by atoms with Crippen molar-refractivity contribution in [3.63, 3.8) is 0 Å². The summed E-state index contributed by atoms with van der Waals surface area (Å²) in [5, 5.41) is 3.70. The first kappa shape index (κ1) is 16.3. The fourth-order valence-electron chi connectivity index (χ4n) is 3.68. The molecule has 1 heterocycles. The molecule has 0 bridgehead atoms. The maximum absolute atomic E-state index is 13.0. The molecule has 0 aromatic heterocycles. The molecule has 2 amide bonds. The third kappa shape index (κ3) is 3.19. The molecule has 5 heteroatoms. The Kier molecular flexibility index (Phi) is 4.30. The van der Waals surface area contributed by atoms with Crippen LogP contribution in [-0.4, -0.2) is 18.7 Å². The monoisotopic (exact) mass is 356 g/mol. The van der Waals surface area contributed by atoms with Crippen molar-refractivity contribution in [3.05, 3.63) is 52.5 Å². The van der Waals surface area contributed by atoms with Gasteiger partial charge < -0.3 is 10.1 Å². The first-order valence-corrected chi connectivity index (χ1v) is 9.15. The average Bonchev–Trinajstić information content (AvgIpc) is 2.61. The SMILES string of the molecule is C[C@H]1CN(C(=O)Nc2cccc3c2CCCC3)c2cc(Cl)ccc2O1. The molecule has 1 aliphatic heterocycles. The number of carbonyl (C=O) groups is 1. The molecule has 2 aromatic carbocycles. The molecule has 0 fully saturated rings. The van der Waals surface area contributed by atoms with Crippen LogP contribution in [0.2, 0.25) is 5.02 Å². The standard InChI is InChI=1S/C20H21ClN2O2/c1-13-12-23(18-11-15(21)9-10-19(18)25-13)20(24)22-17-8-4-6-14-5-2-3-7-16(14)17/h4,6,8-11,13H,2-3,5,7,12H2,1H3,(H,22,24)/t13-/m0/s1. The zero-order valence-electron chi connectivity index (χ0n) is 14.2. The van der Waals surface area contributed by atoms with Gasteiger partial charge in [0.25, 0.3) is 0 Å². The number of anilines is 2. The van der Waals surface area contributed by atoms with Gasteiger partial charge in [0.05, 0.1) is 12.2 Å². The van der Waals surface area contributed by atoms with Crippen molar-refractivity contribution in [2.75, 3.05) is 16.8 Å². The minimum Gasteiger partial charge on any atom is -0.487 e. The lowest BCUT2D eigenvalue weighted by Crippen LogP contribution is -2.44. The lowest BCUT2D eigenvalue weighted by molar-refractivity contribution is 0.208. The van der Waals surface area contributed by atoms with E-state index in [0.717, 1.165) is 18.5 Å². The zero-order valence-corrected chi connectivity index (χ0v) is 15.0. The fraction of sp³-hybridized carbons (Fsp3) is 0.350. The second-order valence-corrected chi connectivity index (χ2v) is 7.17. The highest BCUT2D eigenvalue weighted by molar-refractivity contribution is 6.31. The summed E-state index contributed by atoms with van der Waals surface area (Å²) in [5.41, 5.74) is 4.26. The topological polar surface area (TPSA) is 41.6 Å². The summed E-state index contributed by atoms with van der Waals surface area (Å²) >= 11 is 6.12. The third-order valence-electron chi connectivity index (χ3n) is 4.86. The maximum atomic E-state index is 13.0. The molecule has 25 heavy (non-hydrogen) atoms. The number of benzene rings is 2. The Hall–Kier alpha value is -2.20. The number of hydrogen-bond acceptors (Lipinski definition) is 2. The Balaban J connectivity index is 1.63. The number of aryl methyl sites for hydroxylation is 1. The Morgan fingerprint density at radius 2 is 2.08 bits per heavy atom. The second kappa shape index (κ2) is 6.60. The van der Waals surface area contributed by atoms with Crippen molar-refractivity contribution in [2.45, 2.75) is 38.7 Å². The fourth-order valence-corrected chi connectivity index (χ4v) is 3.85. The van der Waals surface area contributed by atoms with Crippen LogP contribution in [-0.2, 0) is 12.8 Å². The summed E-state index contributed by atoms with van der Waals surface area (Å²) in [6, 6.07) is 11.4. The van der Waals surface area contributed by atoms with Crippen molar-refractivity contribution in [1.82, 2.24) is 0 Å². The largest absolute Gasteiger partial charge is 0.487 e. The molecule has 1 N–H and O–H groups in total. The minimum atomic E-state index is -0.141. The van der Waals surface area contributed by atoms with Crippen molar-refractivity contribution < 1.29 is 9.53 Å². The number of carbonyl (C=O) groups excluding carboxylic acids is 1. The zero-order chi connectivity index (χ0) is 17.4. The summed E-state index contributed by atoms with van der Waals surface area (Å²) in [6.45, 7) is 2.45. The number of ether oxygens (including phenoxy) is 1. The molecule has 0 unspecified atom stereocenters. The molecule has 4 rings (SSSR count). The van der Waals surface area contributed by atoms with Crippen LogP contribution in [0.5, 0.6) is 5.75 Å². The molecule has 0 spiro atoms. The van der Waals surface area contributed by atoms with Crippen molar-refractivity contribution in [2.24, 2.45) is 0 Å². The molecule has 4 nitrogen and oxygen atoms in total. The molecule has 1 aliphatic carbocycles. The minimum absolute atomic E-state index is 0.0656. The Morgan fingerprint density at radius 1 is 1.24 bits per heavy atom. The van der Waals surface area contributed by atoms with Crippen LogP contribution in [0.15, 0.2) is 36.4 Å². The van der Waals surface area contributed by atoms with Crippen LogP contribution in [0.3, 0.4) is 0 Å². The molecule has 2 aliphatic rings. The predicted octanol–water partition coefficient (Wildman–Crippen LogP) is 5.04. The number of halogens is 1. The molecule has 1 atom stereocenters. The molecular formula is C20H21ClN2O2. The Morgan fingerprint density at radius 3 is 2.96 bits per heavy atom. The summed E-state index contributed by atoms with van der Waals surface area (Å²) in [4.78, 5) is 14.7. The third-order valence-corrected chi connectivity index (χ3v) is 5.10. The van der Waals surface area contributed by atoms with E-state index in [1.807, 2.05) is 25.1 Å². The first-order valence-electron chi connectivity index (χ1n) is 8.77. The lowest BCUT2D eigenvalue weighted by Gasteiger charge is -2.34. The van der Waals surface area contributed by atoms with Crippen LogP contribution in [0.25, 0.3) is 0 Å². The average molecular weight is 357 g/mol. The van der Waals surface area contributed by atoms with Gasteiger partial charge in [0, 0.05) is 10.7 Å². The van der Waals surface area contributed by atoms with Gasteiger partial charge in [0.15, 0.2) is 0 Å². The van der Waals surface area contributed by atoms with E-state index in [2.05, 4.69) is 11.4 Å². The molecular weight excluding hydrogens is 336 g/mol. The number of amides is 2. The Labute approximate surface area is 152 Å². The van der Waals surface area contributed by atoms with Gasteiger partial charge in [-0.05, 0) is 68.0 Å². The van der Waals surface area contributed by atoms with E-state index >= 15 is 0 Å². The number of nitrogens with zero attached hydrogens (tertiary/aromatic N) is 1. The van der Waals surface area contributed by atoms with Crippen LogP contribution < -0.4 is 15.0 Å². The van der Waals surface area contributed by atoms with Gasteiger partial charge in [0.2, 0.25) is 0 Å². The van der Waals surface area contributed by atoms with Gasteiger partial charge in [-0.3, -0.25) is 4.90 Å². The highest BCUT2D eigenvalue weighted by Crippen LogP contribution is 2.36. The summed E-state index contributed by atoms with van der Waals surface area (Å²) in [5.74, 6) is 0.688. The summed E-state index contributed by atoms with van der Waals surface area (Å²) < 4.78 is 5.83. The van der Waals surface area contributed by atoms with E-state index in [9.17, 15) is 4.79 Å². The van der Waals surface area contributed by atoms with Gasteiger partial charge in [-0.1, -0.05) is 23.7 Å². The summed E-state index contributed by atoms with van der Waals surface area (Å²) in [7, 11) is 0. The van der Waals surface area contributed by atoms with E-state index in [1.54, 1.807) is 17.0 Å². The van der Waals surface area contributed by atoms with E-state index < -0.39 is 0 Å². The van der Waals surface area contributed by atoms with Gasteiger partial charge in [-0.15, -0.1) is 0 Å². The number of nitrogens with one attached hydrogen (secondary N) is 1. The number of fused-ring (bicyclic) bond motifs is 2. The maximum Gasteiger partial charge on any atom is 0.326 e. The second-order valence-electron chi connectivity index (χ2n) is 6.73. The van der Waals surface area contributed by atoms with Gasteiger partial charge >= 0.3 is 6.03 Å². The van der Waals surface area contributed by atoms with Gasteiger partial charge in [-0.2, -0.15) is 0 Å². The molecule has 0 radical (unpaired) electrons. The summed E-state index contributed by atoms with van der Waals surface area (Å²) in [6.07, 6.45) is 4.44. The van der Waals surface area contributed by atoms with Crippen LogP contribution >= 0.6 is 11.6 Å². The molecule has 2 aromatic rings.